The Kier molecular flexibility index (Phi) is 2.23. The van der Waals surface area contributed by atoms with Gasteiger partial charge in [-0.05, 0) is 29.1 Å². The zero-order valence-corrected chi connectivity index (χ0v) is 10.6. The first-order valence-corrected chi connectivity index (χ1v) is 6.31. The molecule has 0 saturated heterocycles. The summed E-state index contributed by atoms with van der Waals surface area (Å²) in [5.74, 6) is 0.252. The zero-order chi connectivity index (χ0) is 13.5. The van der Waals surface area contributed by atoms with E-state index < -0.39 is 0 Å². The van der Waals surface area contributed by atoms with Crippen molar-refractivity contribution < 1.29 is 0 Å². The molecule has 0 aliphatic heterocycles. The molecule has 3 heterocycles. The van der Waals surface area contributed by atoms with Crippen LogP contribution in [0.1, 0.15) is 11.3 Å². The molecular weight excluding hydrogens is 252 g/mol. The molecule has 0 radical (unpaired) electrons. The van der Waals surface area contributed by atoms with Crippen LogP contribution in [0.4, 0.5) is 5.95 Å². The van der Waals surface area contributed by atoms with E-state index in [-0.39, 0.29) is 5.95 Å². The van der Waals surface area contributed by atoms with Crippen molar-refractivity contribution in [3.63, 3.8) is 0 Å². The lowest BCUT2D eigenvalue weighted by Crippen LogP contribution is -2.01. The van der Waals surface area contributed by atoms with Crippen LogP contribution in [0.2, 0.25) is 0 Å². The summed E-state index contributed by atoms with van der Waals surface area (Å²) in [6, 6.07) is 8.35. The van der Waals surface area contributed by atoms with Crippen molar-refractivity contribution in [3.05, 3.63) is 48.0 Å². The van der Waals surface area contributed by atoms with Crippen molar-refractivity contribution in [1.82, 2.24) is 24.9 Å². The van der Waals surface area contributed by atoms with Crippen LogP contribution in [-0.2, 0) is 6.42 Å². The number of aromatic nitrogens is 5. The van der Waals surface area contributed by atoms with E-state index in [1.54, 1.807) is 6.33 Å². The van der Waals surface area contributed by atoms with Crippen LogP contribution in [0.5, 0.6) is 0 Å². The molecule has 4 rings (SSSR count). The van der Waals surface area contributed by atoms with E-state index in [4.69, 9.17) is 5.73 Å². The molecule has 0 fully saturated rings. The van der Waals surface area contributed by atoms with Gasteiger partial charge in [-0.2, -0.15) is 4.98 Å². The van der Waals surface area contributed by atoms with Gasteiger partial charge in [-0.1, -0.05) is 6.07 Å². The highest BCUT2D eigenvalue weighted by molar-refractivity contribution is 5.80. The SMILES string of the molecule is Nc1nc(Cc2ccc3[nH]ccc3c2)c2[nH]cnc2n1. The number of nitrogens with one attached hydrogen (secondary N) is 2. The maximum Gasteiger partial charge on any atom is 0.222 e. The number of hydrogen-bond donors (Lipinski definition) is 3. The molecule has 4 aromatic rings. The van der Waals surface area contributed by atoms with Crippen molar-refractivity contribution >= 4 is 28.0 Å². The minimum atomic E-state index is 0.252. The summed E-state index contributed by atoms with van der Waals surface area (Å²) in [6.07, 6.45) is 4.23. The van der Waals surface area contributed by atoms with Crippen LogP contribution >= 0.6 is 0 Å². The molecule has 0 spiro atoms. The third-order valence-corrected chi connectivity index (χ3v) is 3.37. The summed E-state index contributed by atoms with van der Waals surface area (Å²) in [7, 11) is 0. The topological polar surface area (TPSA) is 96.3 Å². The molecule has 1 aromatic carbocycles. The molecule has 0 aliphatic carbocycles. The van der Waals surface area contributed by atoms with Gasteiger partial charge in [0.05, 0.1) is 12.0 Å². The summed E-state index contributed by atoms with van der Waals surface area (Å²) < 4.78 is 0. The molecule has 0 bridgehead atoms. The normalized spacial score (nSPS) is 11.4. The lowest BCUT2D eigenvalue weighted by molar-refractivity contribution is 1.07. The summed E-state index contributed by atoms with van der Waals surface area (Å²) in [4.78, 5) is 18.8. The second kappa shape index (κ2) is 4.06. The van der Waals surface area contributed by atoms with E-state index in [1.807, 2.05) is 6.20 Å². The average Bonchev–Trinajstić information content (AvgIpc) is 3.05. The Bertz CT molecular complexity index is 904. The number of imidazole rings is 1. The molecule has 0 aliphatic rings. The minimum absolute atomic E-state index is 0.252. The lowest BCUT2D eigenvalue weighted by atomic mass is 10.1. The zero-order valence-electron chi connectivity index (χ0n) is 10.6. The Morgan fingerprint density at radius 1 is 1.10 bits per heavy atom. The van der Waals surface area contributed by atoms with Gasteiger partial charge in [-0.25, -0.2) is 9.97 Å². The first-order valence-electron chi connectivity index (χ1n) is 6.31. The third-order valence-electron chi connectivity index (χ3n) is 3.37. The molecule has 0 amide bonds. The van der Waals surface area contributed by atoms with Gasteiger partial charge in [-0.3, -0.25) is 0 Å². The van der Waals surface area contributed by atoms with E-state index in [0.717, 1.165) is 16.7 Å². The number of hydrogen-bond acceptors (Lipinski definition) is 4. The first-order chi connectivity index (χ1) is 9.79. The molecule has 0 saturated carbocycles. The Balaban J connectivity index is 1.81. The quantitative estimate of drug-likeness (QED) is 0.516. The molecular formula is C14H12N6. The molecule has 3 aromatic heterocycles. The number of H-pyrrole nitrogens is 2. The van der Waals surface area contributed by atoms with Crippen LogP contribution in [-0.4, -0.2) is 24.9 Å². The van der Waals surface area contributed by atoms with Gasteiger partial charge >= 0.3 is 0 Å². The molecule has 6 heteroatoms. The number of rotatable bonds is 2. The van der Waals surface area contributed by atoms with Gasteiger partial charge in [-0.15, -0.1) is 0 Å². The maximum absolute atomic E-state index is 5.73. The number of nitrogens with two attached hydrogens (primary N) is 1. The predicted molar refractivity (Wildman–Crippen MR) is 77.2 cm³/mol. The monoisotopic (exact) mass is 264 g/mol. The lowest BCUT2D eigenvalue weighted by Gasteiger charge is -2.04. The van der Waals surface area contributed by atoms with Crippen molar-refractivity contribution in [1.29, 1.82) is 0 Å². The van der Waals surface area contributed by atoms with E-state index in [0.29, 0.717) is 12.1 Å². The van der Waals surface area contributed by atoms with Gasteiger partial charge in [0.25, 0.3) is 0 Å². The van der Waals surface area contributed by atoms with Crippen LogP contribution in [0, 0.1) is 0 Å². The average molecular weight is 264 g/mol. The van der Waals surface area contributed by atoms with Crippen LogP contribution in [0.3, 0.4) is 0 Å². The second-order valence-corrected chi connectivity index (χ2v) is 4.71. The maximum atomic E-state index is 5.73. The molecule has 0 unspecified atom stereocenters. The number of nitrogens with zero attached hydrogens (tertiary/aromatic N) is 3. The number of aromatic amines is 2. The van der Waals surface area contributed by atoms with Gasteiger partial charge < -0.3 is 15.7 Å². The summed E-state index contributed by atoms with van der Waals surface area (Å²) in [5.41, 5.74) is 10.3. The van der Waals surface area contributed by atoms with E-state index >= 15 is 0 Å². The van der Waals surface area contributed by atoms with Gasteiger partial charge in [0.1, 0.15) is 5.52 Å². The van der Waals surface area contributed by atoms with E-state index in [9.17, 15) is 0 Å². The predicted octanol–water partition coefficient (Wildman–Crippen LogP) is 2.01. The van der Waals surface area contributed by atoms with Gasteiger partial charge in [0.15, 0.2) is 5.65 Å². The molecule has 0 atom stereocenters. The standard InChI is InChI=1S/C14H12N6/c15-14-19-11(12-13(20-14)18-7-17-12)6-8-1-2-10-9(5-8)3-4-16-10/h1-5,7,16H,6H2,(H3,15,17,18,19,20). The smallest absolute Gasteiger partial charge is 0.222 e. The van der Waals surface area contributed by atoms with Crippen LogP contribution in [0.25, 0.3) is 22.1 Å². The summed E-state index contributed by atoms with van der Waals surface area (Å²) in [6.45, 7) is 0. The van der Waals surface area contributed by atoms with Crippen molar-refractivity contribution in [2.45, 2.75) is 6.42 Å². The third kappa shape index (κ3) is 1.70. The second-order valence-electron chi connectivity index (χ2n) is 4.71. The molecule has 20 heavy (non-hydrogen) atoms. The van der Waals surface area contributed by atoms with Crippen molar-refractivity contribution in [2.75, 3.05) is 5.73 Å². The summed E-state index contributed by atoms with van der Waals surface area (Å²) >= 11 is 0. The molecule has 4 N–H and O–H groups in total. The van der Waals surface area contributed by atoms with Crippen molar-refractivity contribution in [2.24, 2.45) is 0 Å². The van der Waals surface area contributed by atoms with E-state index in [1.165, 1.54) is 10.9 Å². The Hall–Kier alpha value is -2.89. The molecule has 6 nitrogen and oxygen atoms in total. The fourth-order valence-corrected chi connectivity index (χ4v) is 2.45. The Morgan fingerprint density at radius 3 is 3.00 bits per heavy atom. The number of anilines is 1. The van der Waals surface area contributed by atoms with E-state index in [2.05, 4.69) is 49.2 Å². The van der Waals surface area contributed by atoms with Gasteiger partial charge in [0.2, 0.25) is 5.95 Å². The largest absolute Gasteiger partial charge is 0.368 e. The minimum Gasteiger partial charge on any atom is -0.368 e. The van der Waals surface area contributed by atoms with Gasteiger partial charge in [0, 0.05) is 18.1 Å². The summed E-state index contributed by atoms with van der Waals surface area (Å²) in [5, 5.41) is 1.19. The first kappa shape index (κ1) is 11.0. The van der Waals surface area contributed by atoms with Crippen LogP contribution < -0.4 is 5.73 Å². The number of nitrogen functional groups attached to an aromatic ring is 1. The highest BCUT2D eigenvalue weighted by Gasteiger charge is 2.09. The van der Waals surface area contributed by atoms with Crippen LogP contribution in [0.15, 0.2) is 36.8 Å². The number of fused-ring (bicyclic) bond motifs is 2. The Labute approximate surface area is 114 Å². The fourth-order valence-electron chi connectivity index (χ4n) is 2.45. The highest BCUT2D eigenvalue weighted by Crippen LogP contribution is 2.19. The highest BCUT2D eigenvalue weighted by atomic mass is 15.1. The van der Waals surface area contributed by atoms with Crippen molar-refractivity contribution in [3.8, 4) is 0 Å². The fraction of sp³-hybridized carbons (Fsp3) is 0.0714. The Morgan fingerprint density at radius 2 is 2.05 bits per heavy atom. The molecule has 98 valence electrons. The number of benzene rings is 1.